The molecule has 5 nitrogen and oxygen atoms in total. The van der Waals surface area contributed by atoms with Crippen LogP contribution in [0.3, 0.4) is 0 Å². The topological polar surface area (TPSA) is 47.0 Å². The third-order valence-electron chi connectivity index (χ3n) is 7.67. The number of carbonyl (C=O) groups excluding carboxylic acids is 1. The van der Waals surface area contributed by atoms with Crippen LogP contribution in [0, 0.1) is 6.92 Å². The van der Waals surface area contributed by atoms with Gasteiger partial charge in [-0.25, -0.2) is 0 Å². The molecule has 2 fully saturated rings. The molecule has 1 N–H and O–H groups in total. The summed E-state index contributed by atoms with van der Waals surface area (Å²) in [6.45, 7) is 7.50. The first-order valence-electron chi connectivity index (χ1n) is 12.7. The lowest BCUT2D eigenvalue weighted by atomic mass is 9.73. The molecule has 5 heteroatoms. The predicted molar refractivity (Wildman–Crippen MR) is 141 cm³/mol. The molecule has 35 heavy (non-hydrogen) atoms. The maximum atomic E-state index is 13.9. The molecule has 1 amide bonds. The number of β-amino-alcohol motifs (C(OH)–C–C–N with tert-alkyl or cyclic N) is 1. The quantitative estimate of drug-likeness (QED) is 0.573. The Bertz CT molecular complexity index is 1090. The first-order valence-corrected chi connectivity index (χ1v) is 12.7. The Hall–Kier alpha value is -3.15. The molecular formula is C30H35N3O2. The van der Waals surface area contributed by atoms with Gasteiger partial charge in [-0.05, 0) is 36.1 Å². The summed E-state index contributed by atoms with van der Waals surface area (Å²) in [4.78, 5) is 20.5. The van der Waals surface area contributed by atoms with Crippen LogP contribution >= 0.6 is 0 Å². The van der Waals surface area contributed by atoms with Gasteiger partial charge in [-0.15, -0.1) is 0 Å². The van der Waals surface area contributed by atoms with Crippen LogP contribution in [0.2, 0.25) is 0 Å². The largest absolute Gasteiger partial charge is 0.390 e. The molecule has 0 radical (unpaired) electrons. The van der Waals surface area contributed by atoms with Crippen LogP contribution in [-0.4, -0.2) is 72.7 Å². The molecule has 3 aromatic rings. The number of piperazine rings is 1. The van der Waals surface area contributed by atoms with E-state index in [0.717, 1.165) is 43.7 Å². The zero-order valence-corrected chi connectivity index (χ0v) is 20.5. The predicted octanol–water partition coefficient (Wildman–Crippen LogP) is 3.70. The second kappa shape index (κ2) is 10.2. The summed E-state index contributed by atoms with van der Waals surface area (Å²) in [5, 5.41) is 11.0. The van der Waals surface area contributed by atoms with Crippen molar-refractivity contribution < 1.29 is 9.90 Å². The number of aliphatic hydroxyl groups is 1. The minimum atomic E-state index is -0.679. The van der Waals surface area contributed by atoms with Crippen molar-refractivity contribution in [3.05, 3.63) is 102 Å². The van der Waals surface area contributed by atoms with E-state index in [2.05, 4.69) is 65.3 Å². The Morgan fingerprint density at radius 1 is 0.771 bits per heavy atom. The highest BCUT2D eigenvalue weighted by Crippen LogP contribution is 2.42. The Morgan fingerprint density at radius 2 is 1.34 bits per heavy atom. The molecule has 0 bridgehead atoms. The highest BCUT2D eigenvalue weighted by molar-refractivity contribution is 5.94. The molecule has 5 rings (SSSR count). The fourth-order valence-electron chi connectivity index (χ4n) is 5.80. The Balaban J connectivity index is 1.23. The Kier molecular flexibility index (Phi) is 6.89. The van der Waals surface area contributed by atoms with Crippen molar-refractivity contribution >= 4 is 11.6 Å². The molecule has 2 saturated heterocycles. The summed E-state index contributed by atoms with van der Waals surface area (Å²) in [5.74, 6) is 0.0957. The standard InChI is InChI=1S/C30H35N3O2/c1-24-10-8-9-15-28(24)32-20-18-31(19-21-32)22-27(34)23-33-17-16-30(29(33)35,25-11-4-2-5-12-25)26-13-6-3-7-14-26/h2-15,27,34H,16-23H2,1H3. The molecule has 0 spiro atoms. The van der Waals surface area contributed by atoms with E-state index in [4.69, 9.17) is 0 Å². The first-order chi connectivity index (χ1) is 17.1. The van der Waals surface area contributed by atoms with Gasteiger partial charge in [0, 0.05) is 51.5 Å². The van der Waals surface area contributed by atoms with Crippen LogP contribution in [0.15, 0.2) is 84.9 Å². The van der Waals surface area contributed by atoms with Crippen LogP contribution in [-0.2, 0) is 10.2 Å². The van der Waals surface area contributed by atoms with Crippen LogP contribution in [0.4, 0.5) is 5.69 Å². The number of amides is 1. The number of hydrogen-bond acceptors (Lipinski definition) is 4. The van der Waals surface area contributed by atoms with Gasteiger partial charge in [0.25, 0.3) is 0 Å². The van der Waals surface area contributed by atoms with Crippen molar-refractivity contribution in [1.29, 1.82) is 0 Å². The van der Waals surface area contributed by atoms with Gasteiger partial charge in [-0.1, -0.05) is 78.9 Å². The fourth-order valence-corrected chi connectivity index (χ4v) is 5.80. The van der Waals surface area contributed by atoms with E-state index >= 15 is 0 Å². The second-order valence-corrected chi connectivity index (χ2v) is 9.87. The lowest BCUT2D eigenvalue weighted by molar-refractivity contribution is -0.132. The number of aryl methyl sites for hydroxylation is 1. The van der Waals surface area contributed by atoms with Gasteiger partial charge in [-0.2, -0.15) is 0 Å². The number of anilines is 1. The summed E-state index contributed by atoms with van der Waals surface area (Å²) in [7, 11) is 0. The van der Waals surface area contributed by atoms with E-state index in [1.54, 1.807) is 0 Å². The van der Waals surface area contributed by atoms with Crippen molar-refractivity contribution in [2.45, 2.75) is 24.9 Å². The van der Waals surface area contributed by atoms with Crippen molar-refractivity contribution in [1.82, 2.24) is 9.80 Å². The van der Waals surface area contributed by atoms with Crippen LogP contribution < -0.4 is 4.90 Å². The highest BCUT2D eigenvalue weighted by Gasteiger charge is 2.49. The highest BCUT2D eigenvalue weighted by atomic mass is 16.3. The van der Waals surface area contributed by atoms with E-state index < -0.39 is 11.5 Å². The van der Waals surface area contributed by atoms with Gasteiger partial charge >= 0.3 is 0 Å². The van der Waals surface area contributed by atoms with Crippen molar-refractivity contribution in [2.75, 3.05) is 50.7 Å². The number of rotatable bonds is 7. The average Bonchev–Trinajstić information content (AvgIpc) is 3.22. The van der Waals surface area contributed by atoms with Gasteiger partial charge < -0.3 is 14.9 Å². The Labute approximate surface area is 208 Å². The summed E-state index contributed by atoms with van der Waals surface area (Å²) in [5.41, 5.74) is 3.98. The van der Waals surface area contributed by atoms with Gasteiger partial charge in [-0.3, -0.25) is 9.69 Å². The fraction of sp³-hybridized carbons (Fsp3) is 0.367. The molecule has 182 valence electrons. The maximum absolute atomic E-state index is 13.9. The summed E-state index contributed by atoms with van der Waals surface area (Å²) >= 11 is 0. The number of likely N-dealkylation sites (tertiary alicyclic amines) is 1. The van der Waals surface area contributed by atoms with Crippen LogP contribution in [0.5, 0.6) is 0 Å². The number of aliphatic hydroxyl groups excluding tert-OH is 1. The number of benzene rings is 3. The van der Waals surface area contributed by atoms with E-state index in [1.165, 1.54) is 11.3 Å². The smallest absolute Gasteiger partial charge is 0.237 e. The summed E-state index contributed by atoms with van der Waals surface area (Å²) in [6, 6.07) is 28.7. The van der Waals surface area contributed by atoms with Crippen molar-refractivity contribution in [3.63, 3.8) is 0 Å². The molecule has 1 unspecified atom stereocenters. The minimum Gasteiger partial charge on any atom is -0.390 e. The van der Waals surface area contributed by atoms with Gasteiger partial charge in [0.15, 0.2) is 0 Å². The summed E-state index contributed by atoms with van der Waals surface area (Å²) < 4.78 is 0. The van der Waals surface area contributed by atoms with Gasteiger partial charge in [0.1, 0.15) is 5.41 Å². The average molecular weight is 470 g/mol. The van der Waals surface area contributed by atoms with E-state index in [1.807, 2.05) is 41.3 Å². The van der Waals surface area contributed by atoms with Gasteiger partial charge in [0.05, 0.1) is 6.10 Å². The zero-order chi connectivity index (χ0) is 24.3. The number of hydrogen-bond donors (Lipinski definition) is 1. The van der Waals surface area contributed by atoms with Gasteiger partial charge in [0.2, 0.25) is 5.91 Å². The molecule has 0 aromatic heterocycles. The molecule has 0 aliphatic carbocycles. The molecule has 3 aromatic carbocycles. The molecular weight excluding hydrogens is 434 g/mol. The van der Waals surface area contributed by atoms with Crippen molar-refractivity contribution in [3.8, 4) is 0 Å². The normalized spacial score (nSPS) is 19.2. The van der Waals surface area contributed by atoms with Crippen molar-refractivity contribution in [2.24, 2.45) is 0 Å². The molecule has 1 atom stereocenters. The van der Waals surface area contributed by atoms with E-state index in [9.17, 15) is 9.90 Å². The maximum Gasteiger partial charge on any atom is 0.237 e. The molecule has 2 aliphatic heterocycles. The minimum absolute atomic E-state index is 0.0957. The molecule has 0 saturated carbocycles. The van der Waals surface area contributed by atoms with Crippen LogP contribution in [0.1, 0.15) is 23.1 Å². The lowest BCUT2D eigenvalue weighted by Gasteiger charge is -2.38. The Morgan fingerprint density at radius 3 is 1.94 bits per heavy atom. The second-order valence-electron chi connectivity index (χ2n) is 9.87. The first kappa shape index (κ1) is 23.6. The number of carbonyl (C=O) groups is 1. The monoisotopic (exact) mass is 469 g/mol. The van der Waals surface area contributed by atoms with E-state index in [-0.39, 0.29) is 5.91 Å². The molecule has 2 aliphatic rings. The third-order valence-corrected chi connectivity index (χ3v) is 7.67. The molecule has 2 heterocycles. The third kappa shape index (κ3) is 4.71. The van der Waals surface area contributed by atoms with Crippen LogP contribution in [0.25, 0.3) is 0 Å². The van der Waals surface area contributed by atoms with E-state index in [0.29, 0.717) is 19.6 Å². The summed E-state index contributed by atoms with van der Waals surface area (Å²) in [6.07, 6.45) is 0.160. The number of para-hydroxylation sites is 1. The lowest BCUT2D eigenvalue weighted by Crippen LogP contribution is -2.50. The number of nitrogens with zero attached hydrogens (tertiary/aromatic N) is 3. The SMILES string of the molecule is Cc1ccccc1N1CCN(CC(O)CN2CCC(c3ccccc3)(c3ccccc3)C2=O)CC1. The zero-order valence-electron chi connectivity index (χ0n) is 20.5.